The van der Waals surface area contributed by atoms with E-state index >= 15 is 0 Å². The van der Waals surface area contributed by atoms with Crippen molar-refractivity contribution in [3.8, 4) is 0 Å². The van der Waals surface area contributed by atoms with Crippen molar-refractivity contribution in [2.24, 2.45) is 17.8 Å². The summed E-state index contributed by atoms with van der Waals surface area (Å²) in [5.41, 5.74) is 0. The number of rotatable bonds is 18. The van der Waals surface area contributed by atoms with Crippen molar-refractivity contribution in [2.75, 3.05) is 13.7 Å². The van der Waals surface area contributed by atoms with Crippen LogP contribution in [0.1, 0.15) is 104 Å². The third-order valence-corrected chi connectivity index (χ3v) is 11.2. The Morgan fingerprint density at radius 3 is 2.65 bits per heavy atom. The van der Waals surface area contributed by atoms with Crippen LogP contribution in [0.3, 0.4) is 0 Å². The van der Waals surface area contributed by atoms with Gasteiger partial charge in [-0.1, -0.05) is 33.1 Å². The Hall–Kier alpha value is -1.17. The van der Waals surface area contributed by atoms with Crippen LogP contribution in [0.25, 0.3) is 0 Å². The molecule has 1 aliphatic heterocycles. The molecule has 2 aliphatic rings. The minimum Gasteiger partial charge on any atom is -0.353 e. The molecule has 1 aromatic rings. The molecule has 0 radical (unpaired) electrons. The average molecular weight is 622 g/mol. The maximum absolute atomic E-state index is 12.4. The molecule has 0 spiro atoms. The Labute approximate surface area is 250 Å². The van der Waals surface area contributed by atoms with Crippen molar-refractivity contribution >= 4 is 25.4 Å². The maximum atomic E-state index is 12.4. The van der Waals surface area contributed by atoms with Crippen LogP contribution in [-0.4, -0.2) is 58.2 Å². The Morgan fingerprint density at radius 2 is 1.93 bits per heavy atom. The zero-order chi connectivity index (χ0) is 28.6. The molecule has 0 aromatic heterocycles. The van der Waals surface area contributed by atoms with Crippen molar-refractivity contribution < 1.29 is 24.1 Å². The molecular formula is C34H54O5Se. The molecule has 5 nitrogen and oxygen atoms in total. The molecule has 2 fully saturated rings. The number of carbonyl (C=O) groups is 1. The molecule has 40 heavy (non-hydrogen) atoms. The molecule has 7 atom stereocenters. The average Bonchev–Trinajstić information content (AvgIpc) is 3.33. The number of benzene rings is 1. The van der Waals surface area contributed by atoms with Crippen LogP contribution in [-0.2, 0) is 19.0 Å². The number of methoxy groups -OCH3 is 1. The van der Waals surface area contributed by atoms with Gasteiger partial charge in [-0.3, -0.25) is 0 Å². The van der Waals surface area contributed by atoms with Crippen molar-refractivity contribution in [1.29, 1.82) is 0 Å². The Morgan fingerprint density at radius 1 is 1.10 bits per heavy atom. The van der Waals surface area contributed by atoms with Crippen LogP contribution < -0.4 is 4.46 Å². The van der Waals surface area contributed by atoms with E-state index in [0.717, 1.165) is 70.8 Å². The van der Waals surface area contributed by atoms with Gasteiger partial charge in [0.15, 0.2) is 6.29 Å². The smallest absolute Gasteiger partial charge is 0.353 e. The fourth-order valence-electron chi connectivity index (χ4n) is 6.15. The van der Waals surface area contributed by atoms with Crippen LogP contribution in [0.2, 0.25) is 4.82 Å². The number of esters is 1. The van der Waals surface area contributed by atoms with E-state index in [0.29, 0.717) is 17.8 Å². The zero-order valence-electron chi connectivity index (χ0n) is 25.2. The number of unbranched alkanes of at least 4 members (excludes halogenated alkanes) is 3. The van der Waals surface area contributed by atoms with Gasteiger partial charge in [0, 0.05) is 6.61 Å². The minimum atomic E-state index is -0.219. The van der Waals surface area contributed by atoms with Gasteiger partial charge in [-0.05, 0) is 25.2 Å². The number of hydrogen-bond donors (Lipinski definition) is 1. The van der Waals surface area contributed by atoms with Crippen molar-refractivity contribution in [2.45, 2.75) is 127 Å². The summed E-state index contributed by atoms with van der Waals surface area (Å²) < 4.78 is 18.7. The van der Waals surface area contributed by atoms with E-state index in [2.05, 4.69) is 38.1 Å². The van der Waals surface area contributed by atoms with Crippen molar-refractivity contribution in [1.82, 2.24) is 0 Å². The van der Waals surface area contributed by atoms with Gasteiger partial charge in [0.1, 0.15) is 0 Å². The first-order valence-electron chi connectivity index (χ1n) is 15.9. The van der Waals surface area contributed by atoms with Gasteiger partial charge < -0.3 is 4.74 Å². The summed E-state index contributed by atoms with van der Waals surface area (Å²) in [7, 11) is 1.50. The van der Waals surface area contributed by atoms with Gasteiger partial charge in [-0.15, -0.1) is 0 Å². The van der Waals surface area contributed by atoms with Gasteiger partial charge in [-0.2, -0.15) is 0 Å². The van der Waals surface area contributed by atoms with E-state index in [1.807, 2.05) is 18.2 Å². The van der Waals surface area contributed by atoms with E-state index < -0.39 is 0 Å². The molecular weight excluding hydrogens is 567 g/mol. The predicted molar refractivity (Wildman–Crippen MR) is 164 cm³/mol. The van der Waals surface area contributed by atoms with Gasteiger partial charge in [0.25, 0.3) is 0 Å². The normalized spacial score (nSPS) is 25.6. The number of hydrogen-bond acceptors (Lipinski definition) is 5. The third-order valence-electron chi connectivity index (χ3n) is 8.55. The van der Waals surface area contributed by atoms with E-state index in [1.165, 1.54) is 37.3 Å². The first-order chi connectivity index (χ1) is 19.5. The summed E-state index contributed by atoms with van der Waals surface area (Å²) in [5.74, 6) is 1.26. The first-order valence-corrected chi connectivity index (χ1v) is 17.8. The molecule has 0 bridgehead atoms. The van der Waals surface area contributed by atoms with Crippen LogP contribution in [0.15, 0.2) is 42.5 Å². The number of aliphatic hydroxyl groups excluding tert-OH is 1. The number of aliphatic hydroxyl groups is 1. The molecule has 2 unspecified atom stereocenters. The molecule has 1 N–H and O–H groups in total. The van der Waals surface area contributed by atoms with Crippen LogP contribution in [0.5, 0.6) is 0 Å². The predicted octanol–water partition coefficient (Wildman–Crippen LogP) is 7.00. The van der Waals surface area contributed by atoms with Crippen LogP contribution >= 0.6 is 0 Å². The summed E-state index contributed by atoms with van der Waals surface area (Å²) in [6.45, 7) is 5.40. The second-order valence-corrected chi connectivity index (χ2v) is 14.6. The molecule has 1 saturated carbocycles. The number of allylic oxidation sites excluding steroid dienone is 1. The summed E-state index contributed by atoms with van der Waals surface area (Å²) in [6, 6.07) is 10.3. The topological polar surface area (TPSA) is 65.0 Å². The van der Waals surface area contributed by atoms with Crippen molar-refractivity contribution in [3.05, 3.63) is 42.5 Å². The summed E-state index contributed by atoms with van der Waals surface area (Å²) in [4.78, 5) is 12.4. The SMILES string of the molecule is CCCC[C@H](C)C[C@@H](C=C[C@H]1CC[C@H](O)[C@@H]1CCCCCC([Se]c1ccccc1)C(=O)OC)OC1CCCCO1. The number of ether oxygens (including phenoxy) is 3. The second kappa shape index (κ2) is 19.1. The molecule has 1 aromatic carbocycles. The molecule has 3 rings (SSSR count). The Balaban J connectivity index is 1.48. The first kappa shape index (κ1) is 33.3. The van der Waals surface area contributed by atoms with Gasteiger partial charge in [-0.25, -0.2) is 0 Å². The fourth-order valence-corrected chi connectivity index (χ4v) is 8.50. The minimum absolute atomic E-state index is 0.0301. The quantitative estimate of drug-likeness (QED) is 0.0828. The van der Waals surface area contributed by atoms with E-state index in [1.54, 1.807) is 0 Å². The molecule has 0 amide bonds. The molecule has 1 heterocycles. The van der Waals surface area contributed by atoms with Gasteiger partial charge in [0.05, 0.1) is 0 Å². The molecule has 6 heteroatoms. The fraction of sp³-hybridized carbons (Fsp3) is 0.735. The van der Waals surface area contributed by atoms with Crippen LogP contribution in [0.4, 0.5) is 0 Å². The van der Waals surface area contributed by atoms with Crippen LogP contribution in [0, 0.1) is 17.8 Å². The Kier molecular flexibility index (Phi) is 15.9. The molecule has 226 valence electrons. The summed E-state index contributed by atoms with van der Waals surface area (Å²) in [5, 5.41) is 10.8. The monoisotopic (exact) mass is 622 g/mol. The zero-order valence-corrected chi connectivity index (χ0v) is 26.9. The van der Waals surface area contributed by atoms with E-state index in [-0.39, 0.29) is 44.2 Å². The third kappa shape index (κ3) is 12.0. The van der Waals surface area contributed by atoms with Gasteiger partial charge in [0.2, 0.25) is 0 Å². The van der Waals surface area contributed by atoms with Crippen molar-refractivity contribution in [3.63, 3.8) is 0 Å². The van der Waals surface area contributed by atoms with E-state index in [4.69, 9.17) is 14.2 Å². The summed E-state index contributed by atoms with van der Waals surface area (Å²) >= 11 is 0.0845. The molecule has 1 saturated heterocycles. The molecule has 1 aliphatic carbocycles. The number of carbonyl (C=O) groups excluding carboxylic acids is 1. The standard InChI is InChI=1S/C34H54O5Se/c1-4-5-14-26(2)25-28(39-33-19-12-13-24-38-33)22-20-27-21-23-31(35)30(27)17-10-7-11-18-32(34(36)37-3)40-29-15-8-6-9-16-29/h6,8-9,15-16,20,22,26-28,30-33,35H,4-5,7,10-14,17-19,21,23-25H2,1-3H3/t26-,27-,28+,30+,31-,32?,33?/m0/s1. The summed E-state index contributed by atoms with van der Waals surface area (Å²) in [6.07, 6.45) is 19.5. The Bertz CT molecular complexity index is 840. The van der Waals surface area contributed by atoms with E-state index in [9.17, 15) is 9.90 Å². The van der Waals surface area contributed by atoms with Gasteiger partial charge >= 0.3 is 175 Å². The second-order valence-electron chi connectivity index (χ2n) is 11.9.